The van der Waals surface area contributed by atoms with Crippen LogP contribution in [0.3, 0.4) is 0 Å². The van der Waals surface area contributed by atoms with Gasteiger partial charge in [0.1, 0.15) is 0 Å². The second-order valence-corrected chi connectivity index (χ2v) is 7.18. The Morgan fingerprint density at radius 2 is 2.00 bits per heavy atom. The third-order valence-electron chi connectivity index (χ3n) is 5.19. The maximum Gasteiger partial charge on any atom is 0.0913 e. The molecular formula is C16H25NS. The summed E-state index contributed by atoms with van der Waals surface area (Å²) in [6, 6.07) is 4.52. The van der Waals surface area contributed by atoms with Crippen molar-refractivity contribution in [1.29, 1.82) is 0 Å². The summed E-state index contributed by atoms with van der Waals surface area (Å²) >= 11 is 1.92. The van der Waals surface area contributed by atoms with Gasteiger partial charge in [0.2, 0.25) is 0 Å². The van der Waals surface area contributed by atoms with Crippen LogP contribution in [0, 0.1) is 5.92 Å². The van der Waals surface area contributed by atoms with Crippen LogP contribution in [0.4, 0.5) is 5.00 Å². The van der Waals surface area contributed by atoms with Gasteiger partial charge in [0.05, 0.1) is 5.00 Å². The van der Waals surface area contributed by atoms with E-state index in [1.54, 1.807) is 0 Å². The number of hydrogen-bond acceptors (Lipinski definition) is 2. The lowest BCUT2D eigenvalue weighted by Crippen LogP contribution is -2.55. The average molecular weight is 263 g/mol. The number of hydrogen-bond donors (Lipinski definition) is 0. The quantitative estimate of drug-likeness (QED) is 0.719. The molecule has 1 saturated heterocycles. The molecule has 100 valence electrons. The summed E-state index contributed by atoms with van der Waals surface area (Å²) in [7, 11) is 0. The molecule has 1 aromatic heterocycles. The molecule has 0 bridgehead atoms. The molecule has 0 radical (unpaired) electrons. The summed E-state index contributed by atoms with van der Waals surface area (Å²) < 4.78 is 0. The lowest BCUT2D eigenvalue weighted by atomic mass is 9.71. The molecule has 0 spiro atoms. The molecule has 1 unspecified atom stereocenters. The number of nitrogens with zero attached hydrogens (tertiary/aromatic N) is 1. The predicted molar refractivity (Wildman–Crippen MR) is 80.5 cm³/mol. The molecule has 0 aromatic carbocycles. The van der Waals surface area contributed by atoms with Crippen molar-refractivity contribution < 1.29 is 0 Å². The van der Waals surface area contributed by atoms with Crippen molar-refractivity contribution >= 4 is 16.3 Å². The van der Waals surface area contributed by atoms with Crippen LogP contribution in [0.5, 0.6) is 0 Å². The third-order valence-corrected chi connectivity index (χ3v) is 6.08. The van der Waals surface area contributed by atoms with Crippen molar-refractivity contribution in [2.24, 2.45) is 5.92 Å². The van der Waals surface area contributed by atoms with Crippen molar-refractivity contribution in [2.75, 3.05) is 11.4 Å². The van der Waals surface area contributed by atoms with Gasteiger partial charge in [-0.2, -0.15) is 0 Å². The monoisotopic (exact) mass is 263 g/mol. The van der Waals surface area contributed by atoms with E-state index in [0.29, 0.717) is 5.54 Å². The Balaban J connectivity index is 1.85. The maximum atomic E-state index is 2.75. The summed E-state index contributed by atoms with van der Waals surface area (Å²) in [5.41, 5.74) is 0.434. The highest BCUT2D eigenvalue weighted by atomic mass is 32.1. The second kappa shape index (κ2) is 5.24. The first-order chi connectivity index (χ1) is 8.81. The SMILES string of the molecule is CC1(C2CCCCC2)CCCCN1c1cccs1. The summed E-state index contributed by atoms with van der Waals surface area (Å²) in [5.74, 6) is 0.925. The standard InChI is InChI=1S/C16H25NS/c1-16(14-8-3-2-4-9-14)11-5-6-12-17(16)15-10-7-13-18-15/h7,10,13-14H,2-6,8-9,11-12H2,1H3. The highest BCUT2D eigenvalue weighted by Crippen LogP contribution is 2.44. The van der Waals surface area contributed by atoms with Crippen molar-refractivity contribution in [2.45, 2.75) is 63.8 Å². The zero-order valence-corrected chi connectivity index (χ0v) is 12.3. The first-order valence-electron chi connectivity index (χ1n) is 7.62. The Bertz CT molecular complexity index is 366. The van der Waals surface area contributed by atoms with E-state index in [0.717, 1.165) is 5.92 Å². The Morgan fingerprint density at radius 1 is 1.17 bits per heavy atom. The number of rotatable bonds is 2. The fraction of sp³-hybridized carbons (Fsp3) is 0.750. The van der Waals surface area contributed by atoms with Crippen molar-refractivity contribution in [3.63, 3.8) is 0 Å². The van der Waals surface area contributed by atoms with Crippen molar-refractivity contribution in [3.05, 3.63) is 17.5 Å². The summed E-state index contributed by atoms with van der Waals surface area (Å²) in [6.45, 7) is 3.81. The normalized spacial score (nSPS) is 30.6. The van der Waals surface area contributed by atoms with Gasteiger partial charge in [-0.3, -0.25) is 0 Å². The van der Waals surface area contributed by atoms with E-state index in [9.17, 15) is 0 Å². The molecule has 1 saturated carbocycles. The molecule has 18 heavy (non-hydrogen) atoms. The molecule has 2 aliphatic rings. The lowest BCUT2D eigenvalue weighted by molar-refractivity contribution is 0.177. The molecule has 3 rings (SSSR count). The molecule has 0 N–H and O–H groups in total. The molecule has 1 aliphatic heterocycles. The van der Waals surface area contributed by atoms with E-state index in [1.165, 1.54) is 62.9 Å². The predicted octanol–water partition coefficient (Wildman–Crippen LogP) is 5.08. The molecule has 2 heteroatoms. The summed E-state index contributed by atoms with van der Waals surface area (Å²) in [4.78, 5) is 2.75. The van der Waals surface area contributed by atoms with E-state index in [2.05, 4.69) is 29.3 Å². The van der Waals surface area contributed by atoms with Gasteiger partial charge in [-0.25, -0.2) is 0 Å². The first kappa shape index (κ1) is 12.5. The van der Waals surface area contributed by atoms with Gasteiger partial charge in [-0.15, -0.1) is 11.3 Å². The van der Waals surface area contributed by atoms with Gasteiger partial charge in [-0.1, -0.05) is 19.3 Å². The van der Waals surface area contributed by atoms with Gasteiger partial charge in [0, 0.05) is 12.1 Å². The van der Waals surface area contributed by atoms with Crippen LogP contribution in [-0.4, -0.2) is 12.1 Å². The highest BCUT2D eigenvalue weighted by Gasteiger charge is 2.41. The van der Waals surface area contributed by atoms with Crippen LogP contribution in [0.15, 0.2) is 17.5 Å². The number of anilines is 1. The van der Waals surface area contributed by atoms with Crippen LogP contribution >= 0.6 is 11.3 Å². The minimum atomic E-state index is 0.434. The smallest absolute Gasteiger partial charge is 0.0913 e. The van der Waals surface area contributed by atoms with Gasteiger partial charge in [-0.05, 0) is 62.5 Å². The molecule has 1 nitrogen and oxygen atoms in total. The van der Waals surface area contributed by atoms with Crippen molar-refractivity contribution in [3.8, 4) is 0 Å². The van der Waals surface area contributed by atoms with Crippen LogP contribution < -0.4 is 4.90 Å². The summed E-state index contributed by atoms with van der Waals surface area (Å²) in [5, 5.41) is 3.73. The average Bonchev–Trinajstić information content (AvgIpc) is 2.94. The van der Waals surface area contributed by atoms with Gasteiger partial charge < -0.3 is 4.90 Å². The Morgan fingerprint density at radius 3 is 2.72 bits per heavy atom. The van der Waals surface area contributed by atoms with E-state index in [4.69, 9.17) is 0 Å². The Kier molecular flexibility index (Phi) is 3.65. The molecule has 1 aliphatic carbocycles. The summed E-state index contributed by atoms with van der Waals surface area (Å²) in [6.07, 6.45) is 11.5. The molecule has 2 heterocycles. The highest BCUT2D eigenvalue weighted by molar-refractivity contribution is 7.14. The number of piperidine rings is 1. The zero-order valence-electron chi connectivity index (χ0n) is 11.5. The van der Waals surface area contributed by atoms with Gasteiger partial charge in [0.25, 0.3) is 0 Å². The number of thiophene rings is 1. The van der Waals surface area contributed by atoms with E-state index in [1.807, 2.05) is 11.3 Å². The van der Waals surface area contributed by atoms with Gasteiger partial charge in [0.15, 0.2) is 0 Å². The second-order valence-electron chi connectivity index (χ2n) is 6.25. The third kappa shape index (κ3) is 2.20. The minimum Gasteiger partial charge on any atom is -0.358 e. The van der Waals surface area contributed by atoms with E-state index in [-0.39, 0.29) is 0 Å². The maximum absolute atomic E-state index is 2.75. The van der Waals surface area contributed by atoms with Crippen molar-refractivity contribution in [1.82, 2.24) is 0 Å². The van der Waals surface area contributed by atoms with E-state index >= 15 is 0 Å². The molecular weight excluding hydrogens is 238 g/mol. The topological polar surface area (TPSA) is 3.24 Å². The largest absolute Gasteiger partial charge is 0.358 e. The Labute approximate surface area is 115 Å². The van der Waals surface area contributed by atoms with E-state index < -0.39 is 0 Å². The fourth-order valence-corrected chi connectivity index (χ4v) is 4.96. The van der Waals surface area contributed by atoms with Crippen LogP contribution in [0.1, 0.15) is 58.3 Å². The van der Waals surface area contributed by atoms with Crippen LogP contribution in [0.25, 0.3) is 0 Å². The minimum absolute atomic E-state index is 0.434. The molecule has 2 fully saturated rings. The molecule has 0 amide bonds. The lowest BCUT2D eigenvalue weighted by Gasteiger charge is -2.51. The van der Waals surface area contributed by atoms with Crippen LogP contribution in [0.2, 0.25) is 0 Å². The molecule has 1 atom stereocenters. The fourth-order valence-electron chi connectivity index (χ4n) is 4.08. The Hall–Kier alpha value is -0.500. The van der Waals surface area contributed by atoms with Crippen LogP contribution in [-0.2, 0) is 0 Å². The van der Waals surface area contributed by atoms with Gasteiger partial charge >= 0.3 is 0 Å². The molecule has 1 aromatic rings. The zero-order chi connectivity index (χ0) is 12.4. The first-order valence-corrected chi connectivity index (χ1v) is 8.50.